The molecular weight excluding hydrogens is 286 g/mol. The Hall–Kier alpha value is -2.71. The molecule has 0 aliphatic rings. The molecule has 0 radical (unpaired) electrons. The molecule has 0 saturated carbocycles. The third kappa shape index (κ3) is 1.92. The van der Waals surface area contributed by atoms with Gasteiger partial charge in [0.2, 0.25) is 11.6 Å². The summed E-state index contributed by atoms with van der Waals surface area (Å²) in [5, 5.41) is 10.7. The number of benzene rings is 1. The van der Waals surface area contributed by atoms with Crippen molar-refractivity contribution in [1.29, 1.82) is 0 Å². The second kappa shape index (κ2) is 4.76. The molecule has 5 nitrogen and oxygen atoms in total. The van der Waals surface area contributed by atoms with Crippen LogP contribution in [0.5, 0.6) is 0 Å². The van der Waals surface area contributed by atoms with E-state index in [-0.39, 0.29) is 12.0 Å². The number of aldehydes is 1. The lowest BCUT2D eigenvalue weighted by atomic mass is 10.1. The van der Waals surface area contributed by atoms with Gasteiger partial charge in [0.1, 0.15) is 11.3 Å². The van der Waals surface area contributed by atoms with Gasteiger partial charge in [0.15, 0.2) is 23.7 Å². The van der Waals surface area contributed by atoms with E-state index in [0.717, 1.165) is 12.1 Å². The Morgan fingerprint density at radius 3 is 2.15 bits per heavy atom. The first-order valence-corrected chi connectivity index (χ1v) is 4.94. The lowest BCUT2D eigenvalue weighted by Crippen LogP contribution is -2.05. The van der Waals surface area contributed by atoms with E-state index in [4.69, 9.17) is 0 Å². The van der Waals surface area contributed by atoms with Crippen LogP contribution in [0.15, 0.2) is 16.5 Å². The number of hydrogen-bond acceptors (Lipinski definition) is 4. The second-order valence-electron chi connectivity index (χ2n) is 3.56. The van der Waals surface area contributed by atoms with Crippen LogP contribution in [-0.4, -0.2) is 11.2 Å². The highest BCUT2D eigenvalue weighted by atomic mass is 19.2. The molecule has 0 amide bonds. The van der Waals surface area contributed by atoms with Gasteiger partial charge >= 0.3 is 5.69 Å². The van der Waals surface area contributed by atoms with E-state index in [9.17, 15) is 32.5 Å². The van der Waals surface area contributed by atoms with Gasteiger partial charge in [0.05, 0.1) is 4.92 Å². The number of rotatable bonds is 3. The van der Waals surface area contributed by atoms with Gasteiger partial charge in [-0.2, -0.15) is 4.39 Å². The third-order valence-electron chi connectivity index (χ3n) is 2.41. The summed E-state index contributed by atoms with van der Waals surface area (Å²) in [6.45, 7) is 0. The lowest BCUT2D eigenvalue weighted by molar-refractivity contribution is -0.387. The van der Waals surface area contributed by atoms with Crippen LogP contribution in [0, 0.1) is 33.4 Å². The summed E-state index contributed by atoms with van der Waals surface area (Å²) in [6, 6.07) is 1.90. The molecule has 1 aromatic carbocycles. The number of carbonyl (C=O) groups is 1. The number of hydrogen-bond donors (Lipinski definition) is 0. The average molecular weight is 289 g/mol. The summed E-state index contributed by atoms with van der Waals surface area (Å²) in [5.41, 5.74) is -2.83. The van der Waals surface area contributed by atoms with Gasteiger partial charge in [0, 0.05) is 0 Å². The smallest absolute Gasteiger partial charge is 0.321 e. The number of nitrogens with zero attached hydrogens (tertiary/aromatic N) is 1. The summed E-state index contributed by atoms with van der Waals surface area (Å²) < 4.78 is 57.8. The largest absolute Gasteiger partial charge is 0.453 e. The number of furan rings is 1. The van der Waals surface area contributed by atoms with Crippen molar-refractivity contribution in [3.63, 3.8) is 0 Å². The predicted molar refractivity (Wildman–Crippen MR) is 56.0 cm³/mol. The second-order valence-corrected chi connectivity index (χ2v) is 3.56. The molecule has 1 aromatic heterocycles. The van der Waals surface area contributed by atoms with E-state index in [2.05, 4.69) is 4.42 Å². The van der Waals surface area contributed by atoms with Crippen LogP contribution in [-0.2, 0) is 0 Å². The van der Waals surface area contributed by atoms with Crippen LogP contribution in [0.25, 0.3) is 11.3 Å². The zero-order valence-corrected chi connectivity index (χ0v) is 9.32. The van der Waals surface area contributed by atoms with Crippen LogP contribution < -0.4 is 0 Å². The first-order chi connectivity index (χ1) is 9.38. The molecule has 2 rings (SSSR count). The molecule has 9 heteroatoms. The van der Waals surface area contributed by atoms with Crippen LogP contribution in [0.3, 0.4) is 0 Å². The van der Waals surface area contributed by atoms with Gasteiger partial charge < -0.3 is 4.42 Å². The van der Waals surface area contributed by atoms with Crippen molar-refractivity contribution in [3.8, 4) is 11.3 Å². The molecule has 0 spiro atoms. The molecule has 0 saturated heterocycles. The highest BCUT2D eigenvalue weighted by Gasteiger charge is 2.35. The summed E-state index contributed by atoms with van der Waals surface area (Å²) in [7, 11) is 0. The minimum atomic E-state index is -2.31. The van der Waals surface area contributed by atoms with Crippen molar-refractivity contribution in [2.45, 2.75) is 0 Å². The summed E-state index contributed by atoms with van der Waals surface area (Å²) in [5.74, 6) is -9.68. The first kappa shape index (κ1) is 13.7. The van der Waals surface area contributed by atoms with Gasteiger partial charge in [-0.1, -0.05) is 0 Å². The molecule has 0 fully saturated rings. The molecule has 0 N–H and O–H groups in total. The molecule has 20 heavy (non-hydrogen) atoms. The molecule has 2 aromatic rings. The SMILES string of the molecule is O=Cc1ccc(-c2c(F)c(F)c(F)c(F)c2[N+](=O)[O-])o1. The minimum Gasteiger partial charge on any atom is -0.453 e. The van der Waals surface area contributed by atoms with E-state index in [1.165, 1.54) is 0 Å². The van der Waals surface area contributed by atoms with Gasteiger partial charge in [-0.15, -0.1) is 0 Å². The van der Waals surface area contributed by atoms with Gasteiger partial charge in [-0.3, -0.25) is 14.9 Å². The van der Waals surface area contributed by atoms with Gasteiger partial charge in [0.25, 0.3) is 0 Å². The Labute approximate surface area is 107 Å². The molecule has 104 valence electrons. The van der Waals surface area contributed by atoms with Gasteiger partial charge in [-0.25, -0.2) is 13.2 Å². The maximum Gasteiger partial charge on any atom is 0.321 e. The van der Waals surface area contributed by atoms with E-state index < -0.39 is 45.2 Å². The fourth-order valence-corrected chi connectivity index (χ4v) is 1.57. The number of nitro groups is 1. The number of carbonyl (C=O) groups excluding carboxylic acids is 1. The van der Waals surface area contributed by atoms with Crippen LogP contribution in [0.4, 0.5) is 23.2 Å². The number of nitro benzene ring substituents is 1. The zero-order valence-electron chi connectivity index (χ0n) is 9.32. The van der Waals surface area contributed by atoms with Crippen molar-refractivity contribution >= 4 is 12.0 Å². The monoisotopic (exact) mass is 289 g/mol. The predicted octanol–water partition coefficient (Wildman–Crippen LogP) is 3.22. The average Bonchev–Trinajstić information content (AvgIpc) is 2.88. The highest BCUT2D eigenvalue weighted by molar-refractivity contribution is 5.76. The molecule has 0 bridgehead atoms. The topological polar surface area (TPSA) is 73.3 Å². The lowest BCUT2D eigenvalue weighted by Gasteiger charge is -2.05. The Bertz CT molecular complexity index is 726. The Kier molecular flexibility index (Phi) is 3.26. The zero-order chi connectivity index (χ0) is 15.0. The fraction of sp³-hybridized carbons (Fsp3) is 0. The van der Waals surface area contributed by atoms with Crippen molar-refractivity contribution in [2.24, 2.45) is 0 Å². The molecule has 0 aliphatic heterocycles. The molecular formula is C11H3F4NO4. The van der Waals surface area contributed by atoms with Crippen molar-refractivity contribution < 1.29 is 31.7 Å². The van der Waals surface area contributed by atoms with E-state index in [0.29, 0.717) is 0 Å². The van der Waals surface area contributed by atoms with Crippen LogP contribution in [0.1, 0.15) is 10.6 Å². The van der Waals surface area contributed by atoms with Crippen LogP contribution in [0.2, 0.25) is 0 Å². The normalized spacial score (nSPS) is 10.6. The quantitative estimate of drug-likeness (QED) is 0.217. The molecule has 0 aliphatic carbocycles. The fourth-order valence-electron chi connectivity index (χ4n) is 1.57. The summed E-state index contributed by atoms with van der Waals surface area (Å²) in [6.07, 6.45) is 0.198. The van der Waals surface area contributed by atoms with Crippen LogP contribution >= 0.6 is 0 Å². The third-order valence-corrected chi connectivity index (χ3v) is 2.41. The highest BCUT2D eigenvalue weighted by Crippen LogP contribution is 2.38. The van der Waals surface area contributed by atoms with Crippen molar-refractivity contribution in [2.75, 3.05) is 0 Å². The van der Waals surface area contributed by atoms with Crippen molar-refractivity contribution in [3.05, 3.63) is 51.3 Å². The minimum absolute atomic E-state index is 0.198. The maximum absolute atomic E-state index is 13.6. The summed E-state index contributed by atoms with van der Waals surface area (Å²) >= 11 is 0. The van der Waals surface area contributed by atoms with E-state index in [1.807, 2.05) is 0 Å². The first-order valence-electron chi connectivity index (χ1n) is 4.94. The van der Waals surface area contributed by atoms with E-state index >= 15 is 0 Å². The van der Waals surface area contributed by atoms with Gasteiger partial charge in [-0.05, 0) is 12.1 Å². The summed E-state index contributed by atoms with van der Waals surface area (Å²) in [4.78, 5) is 19.7. The molecule has 0 atom stereocenters. The number of halogens is 4. The Balaban J connectivity index is 2.86. The standard InChI is InChI=1S/C11H3F4NO4/c12-7-6(5-2-1-4(3-17)20-5)11(16(18)19)10(15)9(14)8(7)13/h1-3H. The van der Waals surface area contributed by atoms with E-state index in [1.54, 1.807) is 0 Å². The molecule has 0 unspecified atom stereocenters. The Morgan fingerprint density at radius 2 is 1.65 bits per heavy atom. The Morgan fingerprint density at radius 1 is 1.05 bits per heavy atom. The van der Waals surface area contributed by atoms with Crippen molar-refractivity contribution in [1.82, 2.24) is 0 Å². The maximum atomic E-state index is 13.6. The molecule has 1 heterocycles.